The molecule has 2 bridgehead atoms. The average Bonchev–Trinajstić information content (AvgIpc) is 2.83. The van der Waals surface area contributed by atoms with E-state index in [9.17, 15) is 13.2 Å². The van der Waals surface area contributed by atoms with Crippen molar-refractivity contribution in [2.45, 2.75) is 44.1 Å². The minimum absolute atomic E-state index is 0.232. The second kappa shape index (κ2) is 6.34. The van der Waals surface area contributed by atoms with Crippen molar-refractivity contribution in [1.82, 2.24) is 4.90 Å². The van der Waals surface area contributed by atoms with E-state index in [2.05, 4.69) is 23.1 Å². The first-order valence-corrected chi connectivity index (χ1v) is 8.69. The van der Waals surface area contributed by atoms with Gasteiger partial charge in [-0.25, -0.2) is 0 Å². The van der Waals surface area contributed by atoms with Crippen molar-refractivity contribution in [3.63, 3.8) is 0 Å². The molecule has 2 aliphatic rings. The molecule has 1 fully saturated rings. The molecule has 2 heterocycles. The number of rotatable bonds is 3. The van der Waals surface area contributed by atoms with Crippen molar-refractivity contribution >= 4 is 5.57 Å². The van der Waals surface area contributed by atoms with Gasteiger partial charge in [-0.3, -0.25) is 4.90 Å². The van der Waals surface area contributed by atoms with Crippen molar-refractivity contribution in [2.75, 3.05) is 0 Å². The number of benzene rings is 2. The molecule has 130 valence electrons. The molecule has 2 aliphatic heterocycles. The minimum Gasteiger partial charge on any atom is -0.289 e. The molecule has 0 spiro atoms. The Bertz CT molecular complexity index is 779. The molecule has 0 saturated carbocycles. The number of halogens is 3. The predicted octanol–water partition coefficient (Wildman–Crippen LogP) is 5.53. The van der Waals surface area contributed by atoms with Crippen molar-refractivity contribution in [1.29, 1.82) is 0 Å². The molecule has 1 saturated heterocycles. The Hall–Kier alpha value is -2.07. The van der Waals surface area contributed by atoms with Gasteiger partial charge in [0.2, 0.25) is 0 Å². The number of hydrogen-bond donors (Lipinski definition) is 0. The summed E-state index contributed by atoms with van der Waals surface area (Å²) in [5.74, 6) is 0. The Labute approximate surface area is 145 Å². The van der Waals surface area contributed by atoms with Crippen molar-refractivity contribution in [3.05, 3.63) is 77.4 Å². The highest BCUT2D eigenvalue weighted by Crippen LogP contribution is 2.42. The first-order chi connectivity index (χ1) is 12.0. The highest BCUT2D eigenvalue weighted by Gasteiger charge is 2.39. The molecular weight excluding hydrogens is 323 g/mol. The van der Waals surface area contributed by atoms with Gasteiger partial charge >= 0.3 is 6.18 Å². The van der Waals surface area contributed by atoms with Crippen LogP contribution in [0.15, 0.2) is 60.7 Å². The van der Waals surface area contributed by atoms with Crippen molar-refractivity contribution in [2.24, 2.45) is 0 Å². The zero-order valence-electron chi connectivity index (χ0n) is 13.8. The van der Waals surface area contributed by atoms with Crippen LogP contribution in [0.5, 0.6) is 0 Å². The molecule has 25 heavy (non-hydrogen) atoms. The van der Waals surface area contributed by atoms with Gasteiger partial charge in [-0.1, -0.05) is 54.6 Å². The Morgan fingerprint density at radius 1 is 0.920 bits per heavy atom. The van der Waals surface area contributed by atoms with Gasteiger partial charge in [-0.2, -0.15) is 13.2 Å². The van der Waals surface area contributed by atoms with Crippen LogP contribution in [-0.2, 0) is 12.7 Å². The molecule has 2 aromatic rings. The Morgan fingerprint density at radius 3 is 2.36 bits per heavy atom. The predicted molar refractivity (Wildman–Crippen MR) is 92.8 cm³/mol. The number of fused-ring (bicyclic) bond motifs is 2. The molecule has 4 rings (SSSR count). The molecule has 4 heteroatoms. The molecule has 0 aromatic heterocycles. The summed E-state index contributed by atoms with van der Waals surface area (Å²) >= 11 is 0. The fourth-order valence-corrected chi connectivity index (χ4v) is 4.17. The fraction of sp³-hybridized carbons (Fsp3) is 0.333. The van der Waals surface area contributed by atoms with Crippen LogP contribution in [0.1, 0.15) is 36.0 Å². The van der Waals surface area contributed by atoms with E-state index in [4.69, 9.17) is 0 Å². The average molecular weight is 343 g/mol. The topological polar surface area (TPSA) is 3.24 Å². The normalized spacial score (nSPS) is 23.6. The van der Waals surface area contributed by atoms with E-state index in [-0.39, 0.29) is 6.04 Å². The van der Waals surface area contributed by atoms with Crippen LogP contribution in [0.4, 0.5) is 13.2 Å². The van der Waals surface area contributed by atoms with Gasteiger partial charge in [0.1, 0.15) is 0 Å². The van der Waals surface area contributed by atoms with Gasteiger partial charge in [0.15, 0.2) is 0 Å². The third kappa shape index (κ3) is 3.23. The molecule has 0 aliphatic carbocycles. The standard InChI is InChI=1S/C21H20F3N/c22-21(23,24)20-9-5-4-8-19(20)16-12-17-10-11-18(13-16)25(17)14-15-6-2-1-3-7-15/h1-9,12,17-18H,10-11,13-14H2. The summed E-state index contributed by atoms with van der Waals surface area (Å²) in [5, 5.41) is 0. The number of hydrogen-bond acceptors (Lipinski definition) is 1. The van der Waals surface area contributed by atoms with Crippen LogP contribution in [-0.4, -0.2) is 17.0 Å². The van der Waals surface area contributed by atoms with Crippen LogP contribution in [0.25, 0.3) is 5.57 Å². The zero-order valence-corrected chi connectivity index (χ0v) is 13.8. The summed E-state index contributed by atoms with van der Waals surface area (Å²) in [5.41, 5.74) is 1.94. The lowest BCUT2D eigenvalue weighted by atomic mass is 9.91. The maximum Gasteiger partial charge on any atom is 0.416 e. The van der Waals surface area contributed by atoms with E-state index in [1.165, 1.54) is 17.7 Å². The highest BCUT2D eigenvalue weighted by molar-refractivity contribution is 5.71. The summed E-state index contributed by atoms with van der Waals surface area (Å²) in [6.45, 7) is 0.862. The molecule has 0 N–H and O–H groups in total. The summed E-state index contributed by atoms with van der Waals surface area (Å²) in [6.07, 6.45) is 0.520. The van der Waals surface area contributed by atoms with Crippen molar-refractivity contribution < 1.29 is 13.2 Å². The maximum absolute atomic E-state index is 13.3. The van der Waals surface area contributed by atoms with Gasteiger partial charge in [0, 0.05) is 18.6 Å². The highest BCUT2D eigenvalue weighted by atomic mass is 19.4. The maximum atomic E-state index is 13.3. The fourth-order valence-electron chi connectivity index (χ4n) is 4.17. The second-order valence-electron chi connectivity index (χ2n) is 6.90. The summed E-state index contributed by atoms with van der Waals surface area (Å²) in [6, 6.07) is 16.8. The van der Waals surface area contributed by atoms with E-state index < -0.39 is 11.7 Å². The van der Waals surface area contributed by atoms with Gasteiger partial charge in [0.25, 0.3) is 0 Å². The Balaban J connectivity index is 1.62. The third-order valence-electron chi connectivity index (χ3n) is 5.33. The van der Waals surface area contributed by atoms with Crippen LogP contribution < -0.4 is 0 Å². The third-order valence-corrected chi connectivity index (χ3v) is 5.33. The van der Waals surface area contributed by atoms with E-state index in [0.29, 0.717) is 18.0 Å². The summed E-state index contributed by atoms with van der Waals surface area (Å²) in [7, 11) is 0. The van der Waals surface area contributed by atoms with Gasteiger partial charge in [-0.05, 0) is 42.0 Å². The van der Waals surface area contributed by atoms with E-state index in [1.807, 2.05) is 18.2 Å². The first kappa shape index (κ1) is 16.4. The van der Waals surface area contributed by atoms with Gasteiger partial charge in [-0.15, -0.1) is 0 Å². The van der Waals surface area contributed by atoms with E-state index >= 15 is 0 Å². The van der Waals surface area contributed by atoms with Gasteiger partial charge < -0.3 is 0 Å². The van der Waals surface area contributed by atoms with Crippen LogP contribution in [0, 0.1) is 0 Å². The summed E-state index contributed by atoms with van der Waals surface area (Å²) < 4.78 is 40.0. The number of alkyl halides is 3. The minimum atomic E-state index is -4.31. The lowest BCUT2D eigenvalue weighted by Gasteiger charge is -2.34. The first-order valence-electron chi connectivity index (χ1n) is 8.69. The molecule has 0 radical (unpaired) electrons. The monoisotopic (exact) mass is 343 g/mol. The number of nitrogens with zero attached hydrogens (tertiary/aromatic N) is 1. The molecule has 0 amide bonds. The van der Waals surface area contributed by atoms with E-state index in [0.717, 1.165) is 25.0 Å². The molecular formula is C21H20F3N. The van der Waals surface area contributed by atoms with Crippen LogP contribution in [0.2, 0.25) is 0 Å². The summed E-state index contributed by atoms with van der Waals surface area (Å²) in [4.78, 5) is 2.44. The zero-order chi connectivity index (χ0) is 17.4. The Morgan fingerprint density at radius 2 is 1.64 bits per heavy atom. The molecule has 2 atom stereocenters. The van der Waals surface area contributed by atoms with E-state index in [1.54, 1.807) is 12.1 Å². The lowest BCUT2D eigenvalue weighted by molar-refractivity contribution is -0.137. The van der Waals surface area contributed by atoms with Crippen LogP contribution in [0.3, 0.4) is 0 Å². The lowest BCUT2D eigenvalue weighted by Crippen LogP contribution is -2.37. The SMILES string of the molecule is FC(F)(F)c1ccccc1C1=CC2CCC(C1)N2Cc1ccccc1. The van der Waals surface area contributed by atoms with Gasteiger partial charge in [0.05, 0.1) is 5.56 Å². The largest absolute Gasteiger partial charge is 0.416 e. The smallest absolute Gasteiger partial charge is 0.289 e. The Kier molecular flexibility index (Phi) is 4.16. The molecule has 2 aromatic carbocycles. The van der Waals surface area contributed by atoms with Crippen LogP contribution >= 0.6 is 0 Å². The second-order valence-corrected chi connectivity index (χ2v) is 6.90. The molecule has 2 unspecified atom stereocenters. The quantitative estimate of drug-likeness (QED) is 0.709. The van der Waals surface area contributed by atoms with Crippen molar-refractivity contribution in [3.8, 4) is 0 Å². The molecule has 1 nitrogen and oxygen atoms in total.